The van der Waals surface area contributed by atoms with E-state index in [2.05, 4.69) is 4.98 Å². The summed E-state index contributed by atoms with van der Waals surface area (Å²) in [5.41, 5.74) is 0.0641. The Morgan fingerprint density at radius 1 is 1.17 bits per heavy atom. The van der Waals surface area contributed by atoms with Gasteiger partial charge in [0.15, 0.2) is 11.2 Å². The van der Waals surface area contributed by atoms with Gasteiger partial charge in [-0.05, 0) is 12.3 Å². The summed E-state index contributed by atoms with van der Waals surface area (Å²) in [6.07, 6.45) is 9.65. The summed E-state index contributed by atoms with van der Waals surface area (Å²) in [5, 5.41) is -0.00630. The molecule has 8 nitrogen and oxygen atoms in total. The van der Waals surface area contributed by atoms with Gasteiger partial charge in [0.05, 0.1) is 18.2 Å². The molecule has 0 spiro atoms. The quantitative estimate of drug-likeness (QED) is 0.737. The van der Waals surface area contributed by atoms with Crippen molar-refractivity contribution in [3.05, 3.63) is 27.2 Å². The van der Waals surface area contributed by atoms with E-state index >= 15 is 0 Å². The van der Waals surface area contributed by atoms with Crippen LogP contribution in [0.15, 0.2) is 15.9 Å². The molecule has 1 aliphatic heterocycles. The molecule has 1 saturated heterocycles. The fourth-order valence-electron chi connectivity index (χ4n) is 4.61. The second-order valence-corrected chi connectivity index (χ2v) is 9.52. The summed E-state index contributed by atoms with van der Waals surface area (Å²) in [6.45, 7) is 1.26. The van der Waals surface area contributed by atoms with Crippen LogP contribution in [0.4, 0.5) is 0 Å². The van der Waals surface area contributed by atoms with E-state index < -0.39 is 0 Å². The van der Waals surface area contributed by atoms with E-state index in [0.717, 1.165) is 23.3 Å². The summed E-state index contributed by atoms with van der Waals surface area (Å²) in [6, 6.07) is 0. The second kappa shape index (κ2) is 8.38. The molecular weight excluding hydrogens is 390 g/mol. The Morgan fingerprint density at radius 2 is 1.93 bits per heavy atom. The highest BCUT2D eigenvalue weighted by atomic mass is 32.2. The molecule has 2 aromatic rings. The molecule has 0 bridgehead atoms. The first-order valence-corrected chi connectivity index (χ1v) is 11.5. The smallest absolute Gasteiger partial charge is 0.328 e. The van der Waals surface area contributed by atoms with Crippen LogP contribution in [-0.2, 0) is 25.4 Å². The predicted molar refractivity (Wildman–Crippen MR) is 114 cm³/mol. The third-order valence-corrected chi connectivity index (χ3v) is 7.58. The zero-order valence-corrected chi connectivity index (χ0v) is 18.0. The topological polar surface area (TPSA) is 82.1 Å². The molecule has 29 heavy (non-hydrogen) atoms. The zero-order valence-electron chi connectivity index (χ0n) is 17.2. The lowest BCUT2D eigenvalue weighted by molar-refractivity contribution is -0.131. The number of fused-ring (bicyclic) bond motifs is 1. The van der Waals surface area contributed by atoms with E-state index in [4.69, 9.17) is 0 Å². The minimum atomic E-state index is -0.387. The largest absolute Gasteiger partial charge is 0.332 e. The van der Waals surface area contributed by atoms with Gasteiger partial charge in [0.1, 0.15) is 0 Å². The van der Waals surface area contributed by atoms with Crippen LogP contribution in [0.2, 0.25) is 0 Å². The molecule has 0 aromatic carbocycles. The lowest BCUT2D eigenvalue weighted by Crippen LogP contribution is -2.39. The van der Waals surface area contributed by atoms with Crippen molar-refractivity contribution in [2.24, 2.45) is 20.0 Å². The van der Waals surface area contributed by atoms with E-state index in [-0.39, 0.29) is 22.5 Å². The molecule has 4 rings (SSSR count). The Hall–Kier alpha value is -2.03. The number of imidazole rings is 1. The molecule has 2 aliphatic rings. The number of aromatic nitrogens is 4. The van der Waals surface area contributed by atoms with E-state index in [0.29, 0.717) is 30.0 Å². The molecular formula is C20H29N5O3S. The molecule has 1 unspecified atom stereocenters. The van der Waals surface area contributed by atoms with Crippen LogP contribution in [0.5, 0.6) is 0 Å². The summed E-state index contributed by atoms with van der Waals surface area (Å²) in [5.74, 6) is 1.82. The summed E-state index contributed by atoms with van der Waals surface area (Å²) in [4.78, 5) is 43.9. The Balaban J connectivity index is 1.49. The van der Waals surface area contributed by atoms with Crippen molar-refractivity contribution in [1.29, 1.82) is 0 Å². The minimum absolute atomic E-state index is 0.00630. The minimum Gasteiger partial charge on any atom is -0.328 e. The summed E-state index contributed by atoms with van der Waals surface area (Å²) < 4.78 is 4.29. The standard InChI is InChI=1S/C20H29N5O3S/c1-22-18-17(19(27)23(2)20(22)28)24(13-21-18)12-16-25(10-11-29-16)15(26)9-8-14-6-4-3-5-7-14/h13-14,16H,3-12H2,1-2H3. The van der Waals surface area contributed by atoms with Crippen molar-refractivity contribution in [1.82, 2.24) is 23.6 Å². The molecule has 1 amide bonds. The third-order valence-electron chi connectivity index (χ3n) is 6.37. The van der Waals surface area contributed by atoms with Gasteiger partial charge in [0.25, 0.3) is 5.56 Å². The second-order valence-electron chi connectivity index (χ2n) is 8.23. The molecule has 1 atom stereocenters. The van der Waals surface area contributed by atoms with Crippen LogP contribution < -0.4 is 11.2 Å². The van der Waals surface area contributed by atoms with Gasteiger partial charge in [-0.15, -0.1) is 11.8 Å². The Labute approximate surface area is 173 Å². The van der Waals surface area contributed by atoms with Crippen LogP contribution in [0.1, 0.15) is 44.9 Å². The fourth-order valence-corrected chi connectivity index (χ4v) is 5.85. The van der Waals surface area contributed by atoms with Gasteiger partial charge in [-0.3, -0.25) is 18.7 Å². The van der Waals surface area contributed by atoms with E-state index in [1.165, 1.54) is 43.7 Å². The van der Waals surface area contributed by atoms with Gasteiger partial charge >= 0.3 is 5.69 Å². The highest BCUT2D eigenvalue weighted by Gasteiger charge is 2.30. The van der Waals surface area contributed by atoms with Gasteiger partial charge in [-0.25, -0.2) is 9.78 Å². The van der Waals surface area contributed by atoms with Gasteiger partial charge in [-0.1, -0.05) is 32.1 Å². The maximum absolute atomic E-state index is 12.9. The summed E-state index contributed by atoms with van der Waals surface area (Å²) >= 11 is 1.74. The molecule has 2 fully saturated rings. The van der Waals surface area contributed by atoms with E-state index in [1.54, 1.807) is 29.7 Å². The molecule has 9 heteroatoms. The number of amides is 1. The Kier molecular flexibility index (Phi) is 5.85. The van der Waals surface area contributed by atoms with Crippen LogP contribution >= 0.6 is 11.8 Å². The van der Waals surface area contributed by atoms with E-state index in [1.807, 2.05) is 4.90 Å². The third kappa shape index (κ3) is 3.89. The number of hydrogen-bond acceptors (Lipinski definition) is 5. The molecule has 2 aromatic heterocycles. The number of rotatable bonds is 5. The zero-order chi connectivity index (χ0) is 20.5. The maximum Gasteiger partial charge on any atom is 0.332 e. The number of hydrogen-bond donors (Lipinski definition) is 0. The monoisotopic (exact) mass is 419 g/mol. The average Bonchev–Trinajstić information content (AvgIpc) is 3.37. The molecule has 1 aliphatic carbocycles. The lowest BCUT2D eigenvalue weighted by atomic mass is 9.86. The van der Waals surface area contributed by atoms with Gasteiger partial charge < -0.3 is 9.47 Å². The summed E-state index contributed by atoms with van der Waals surface area (Å²) in [7, 11) is 3.10. The van der Waals surface area contributed by atoms with Crippen molar-refractivity contribution in [2.45, 2.75) is 56.9 Å². The lowest BCUT2D eigenvalue weighted by Gasteiger charge is -2.26. The van der Waals surface area contributed by atoms with Crippen LogP contribution in [0.3, 0.4) is 0 Å². The van der Waals surface area contributed by atoms with Gasteiger partial charge in [0.2, 0.25) is 5.91 Å². The first kappa shape index (κ1) is 20.3. The van der Waals surface area contributed by atoms with Gasteiger partial charge in [-0.2, -0.15) is 0 Å². The van der Waals surface area contributed by atoms with Crippen molar-refractivity contribution >= 4 is 28.8 Å². The average molecular weight is 420 g/mol. The number of carbonyl (C=O) groups excluding carboxylic acids is 1. The predicted octanol–water partition coefficient (Wildman–Crippen LogP) is 1.70. The Morgan fingerprint density at radius 3 is 2.69 bits per heavy atom. The molecule has 0 N–H and O–H groups in total. The normalized spacial score (nSPS) is 20.6. The first-order chi connectivity index (χ1) is 14.0. The number of thioether (sulfide) groups is 1. The highest BCUT2D eigenvalue weighted by molar-refractivity contribution is 8.00. The van der Waals surface area contributed by atoms with Crippen LogP contribution in [0.25, 0.3) is 11.2 Å². The SMILES string of the molecule is Cn1c(=O)c2c(ncn2CC2SCCN2C(=O)CCC2CCCCC2)n(C)c1=O. The van der Waals surface area contributed by atoms with Crippen molar-refractivity contribution < 1.29 is 4.79 Å². The molecule has 158 valence electrons. The van der Waals surface area contributed by atoms with Crippen molar-refractivity contribution in [2.75, 3.05) is 12.3 Å². The molecule has 0 radical (unpaired) electrons. The fraction of sp³-hybridized carbons (Fsp3) is 0.700. The van der Waals surface area contributed by atoms with E-state index in [9.17, 15) is 14.4 Å². The van der Waals surface area contributed by atoms with Crippen LogP contribution in [-0.4, -0.2) is 47.2 Å². The number of aryl methyl sites for hydroxylation is 1. The highest BCUT2D eigenvalue weighted by Crippen LogP contribution is 2.30. The number of nitrogens with zero attached hydrogens (tertiary/aromatic N) is 5. The van der Waals surface area contributed by atoms with Crippen molar-refractivity contribution in [3.8, 4) is 0 Å². The van der Waals surface area contributed by atoms with Crippen molar-refractivity contribution in [3.63, 3.8) is 0 Å². The number of carbonyl (C=O) groups is 1. The maximum atomic E-state index is 12.9. The van der Waals surface area contributed by atoms with Gasteiger partial charge in [0, 0.05) is 32.8 Å². The molecule has 1 saturated carbocycles. The molecule has 3 heterocycles. The van der Waals surface area contributed by atoms with Crippen LogP contribution in [0, 0.1) is 5.92 Å². The first-order valence-electron chi connectivity index (χ1n) is 10.5. The Bertz CT molecular complexity index is 1020.